The van der Waals surface area contributed by atoms with Crippen LogP contribution in [0.5, 0.6) is 0 Å². The Labute approximate surface area is 123 Å². The van der Waals surface area contributed by atoms with E-state index in [-0.39, 0.29) is 13.5 Å². The highest BCUT2D eigenvalue weighted by Crippen LogP contribution is 2.50. The zero-order chi connectivity index (χ0) is 17.2. The van der Waals surface area contributed by atoms with Crippen LogP contribution in [-0.2, 0) is 14.3 Å². The van der Waals surface area contributed by atoms with Gasteiger partial charge in [-0.25, -0.2) is 0 Å². The first kappa shape index (κ1) is 19.0. The van der Waals surface area contributed by atoms with Crippen molar-refractivity contribution >= 4 is 5.97 Å². The third-order valence-electron chi connectivity index (χ3n) is 3.47. The number of nitrogens with zero attached hydrogens (tertiary/aromatic N) is 1. The summed E-state index contributed by atoms with van der Waals surface area (Å²) in [6, 6.07) is 0. The first-order chi connectivity index (χ1) is 9.89. The van der Waals surface area contributed by atoms with E-state index >= 15 is 0 Å². The molecule has 0 amide bonds. The van der Waals surface area contributed by atoms with Crippen molar-refractivity contribution in [2.45, 2.75) is 32.3 Å². The molecule has 1 aliphatic rings. The van der Waals surface area contributed by atoms with Crippen molar-refractivity contribution in [1.29, 1.82) is 0 Å². The summed E-state index contributed by atoms with van der Waals surface area (Å²) in [6.45, 7) is 2.83. The SMILES string of the molecule is CC(CN1CCOCC1)OC(=O)C(C)(C(F)(F)F)C(F)(F)F. The number of rotatable bonds is 4. The monoisotopic (exact) mass is 337 g/mol. The van der Waals surface area contributed by atoms with E-state index in [9.17, 15) is 31.1 Å². The van der Waals surface area contributed by atoms with Crippen LogP contribution in [0.25, 0.3) is 0 Å². The van der Waals surface area contributed by atoms with Gasteiger partial charge >= 0.3 is 18.3 Å². The molecular weight excluding hydrogens is 320 g/mol. The summed E-state index contributed by atoms with van der Waals surface area (Å²) >= 11 is 0. The highest BCUT2D eigenvalue weighted by atomic mass is 19.4. The molecule has 0 N–H and O–H groups in total. The van der Waals surface area contributed by atoms with E-state index in [1.54, 1.807) is 4.90 Å². The molecule has 130 valence electrons. The van der Waals surface area contributed by atoms with Crippen LogP contribution in [0.1, 0.15) is 13.8 Å². The van der Waals surface area contributed by atoms with Crippen LogP contribution >= 0.6 is 0 Å². The molecule has 1 heterocycles. The van der Waals surface area contributed by atoms with Crippen molar-refractivity contribution in [3.63, 3.8) is 0 Å². The van der Waals surface area contributed by atoms with Gasteiger partial charge in [-0.05, 0) is 13.8 Å². The van der Waals surface area contributed by atoms with Crippen molar-refractivity contribution in [2.24, 2.45) is 5.41 Å². The summed E-state index contributed by atoms with van der Waals surface area (Å²) in [5.74, 6) is -2.34. The van der Waals surface area contributed by atoms with Crippen LogP contribution in [0.15, 0.2) is 0 Å². The highest BCUT2D eigenvalue weighted by molar-refractivity contribution is 5.78. The number of carbonyl (C=O) groups is 1. The predicted octanol–water partition coefficient (Wildman–Crippen LogP) is 2.38. The second-order valence-corrected chi connectivity index (χ2v) is 5.25. The highest BCUT2D eigenvalue weighted by Gasteiger charge is 2.73. The topological polar surface area (TPSA) is 38.8 Å². The van der Waals surface area contributed by atoms with Crippen molar-refractivity contribution in [2.75, 3.05) is 32.8 Å². The number of morpholine rings is 1. The van der Waals surface area contributed by atoms with Gasteiger partial charge in [-0.2, -0.15) is 26.3 Å². The number of ether oxygens (including phenoxy) is 2. The summed E-state index contributed by atoms with van der Waals surface area (Å²) < 4.78 is 85.7. The van der Waals surface area contributed by atoms with E-state index in [0.29, 0.717) is 26.3 Å². The van der Waals surface area contributed by atoms with Gasteiger partial charge in [0, 0.05) is 19.6 Å². The largest absolute Gasteiger partial charge is 0.460 e. The van der Waals surface area contributed by atoms with Gasteiger partial charge in [-0.1, -0.05) is 0 Å². The number of hydrogen-bond acceptors (Lipinski definition) is 4. The molecule has 0 aliphatic carbocycles. The number of halogens is 6. The lowest BCUT2D eigenvalue weighted by molar-refractivity contribution is -0.327. The summed E-state index contributed by atoms with van der Waals surface area (Å²) in [4.78, 5) is 13.2. The molecule has 1 aliphatic heterocycles. The van der Waals surface area contributed by atoms with Gasteiger partial charge in [-0.3, -0.25) is 9.69 Å². The average Bonchev–Trinajstić information content (AvgIpc) is 2.35. The molecule has 4 nitrogen and oxygen atoms in total. The van der Waals surface area contributed by atoms with Gasteiger partial charge in [-0.15, -0.1) is 0 Å². The van der Waals surface area contributed by atoms with E-state index in [1.165, 1.54) is 6.92 Å². The van der Waals surface area contributed by atoms with Gasteiger partial charge in [0.25, 0.3) is 5.41 Å². The molecule has 1 saturated heterocycles. The molecule has 1 atom stereocenters. The molecule has 1 fully saturated rings. The van der Waals surface area contributed by atoms with Crippen LogP contribution < -0.4 is 0 Å². The quantitative estimate of drug-likeness (QED) is 0.583. The van der Waals surface area contributed by atoms with E-state index in [1.807, 2.05) is 0 Å². The normalized spacial score (nSPS) is 19.8. The molecular formula is C12H17F6NO3. The minimum atomic E-state index is -5.79. The summed E-state index contributed by atoms with van der Waals surface area (Å²) in [5, 5.41) is 0. The number of hydrogen-bond donors (Lipinski definition) is 0. The molecule has 0 bridgehead atoms. The maximum Gasteiger partial charge on any atom is 0.413 e. The number of esters is 1. The van der Waals surface area contributed by atoms with Gasteiger partial charge in [0.2, 0.25) is 0 Å². The van der Waals surface area contributed by atoms with Gasteiger partial charge < -0.3 is 9.47 Å². The fourth-order valence-electron chi connectivity index (χ4n) is 1.88. The van der Waals surface area contributed by atoms with Gasteiger partial charge in [0.05, 0.1) is 13.2 Å². The first-order valence-corrected chi connectivity index (χ1v) is 6.54. The molecule has 22 heavy (non-hydrogen) atoms. The molecule has 1 rings (SSSR count). The molecule has 1 unspecified atom stereocenters. The average molecular weight is 337 g/mol. The Kier molecular flexibility index (Phi) is 5.71. The first-order valence-electron chi connectivity index (χ1n) is 6.54. The third kappa shape index (κ3) is 4.03. The maximum absolute atomic E-state index is 12.7. The Morgan fingerprint density at radius 1 is 1.14 bits per heavy atom. The van der Waals surface area contributed by atoms with Crippen molar-refractivity contribution < 1.29 is 40.6 Å². The summed E-state index contributed by atoms with van der Waals surface area (Å²) in [7, 11) is 0. The maximum atomic E-state index is 12.7. The van der Waals surface area contributed by atoms with E-state index < -0.39 is 29.8 Å². The lowest BCUT2D eigenvalue weighted by atomic mass is 9.89. The second-order valence-electron chi connectivity index (χ2n) is 5.25. The summed E-state index contributed by atoms with van der Waals surface area (Å²) in [5.41, 5.74) is -4.54. The van der Waals surface area contributed by atoms with Crippen LogP contribution in [-0.4, -0.2) is 62.2 Å². The Morgan fingerprint density at radius 2 is 1.59 bits per heavy atom. The van der Waals surface area contributed by atoms with E-state index in [2.05, 4.69) is 4.74 Å². The lowest BCUT2D eigenvalue weighted by Crippen LogP contribution is -2.55. The third-order valence-corrected chi connectivity index (χ3v) is 3.47. The van der Waals surface area contributed by atoms with Crippen molar-refractivity contribution in [1.82, 2.24) is 4.90 Å². The minimum Gasteiger partial charge on any atom is -0.460 e. The molecule has 0 saturated carbocycles. The smallest absolute Gasteiger partial charge is 0.413 e. The standard InChI is InChI=1S/C12H17F6NO3/c1-8(7-19-3-5-21-6-4-19)22-9(20)10(2,11(13,14)15)12(16,17)18/h8H,3-7H2,1-2H3. The van der Waals surface area contributed by atoms with Gasteiger partial charge in [0.1, 0.15) is 6.10 Å². The molecule has 0 spiro atoms. The number of alkyl halides is 6. The fourth-order valence-corrected chi connectivity index (χ4v) is 1.88. The molecule has 0 aromatic heterocycles. The van der Waals surface area contributed by atoms with Crippen molar-refractivity contribution in [3.8, 4) is 0 Å². The fraction of sp³-hybridized carbons (Fsp3) is 0.917. The van der Waals surface area contributed by atoms with Crippen LogP contribution in [0.4, 0.5) is 26.3 Å². The Balaban J connectivity index is 2.75. The Bertz CT molecular complexity index is 375. The zero-order valence-corrected chi connectivity index (χ0v) is 12.1. The minimum absolute atomic E-state index is 0.0426. The van der Waals surface area contributed by atoms with Crippen LogP contribution in [0.3, 0.4) is 0 Å². The Hall–Kier alpha value is -1.03. The van der Waals surface area contributed by atoms with E-state index in [4.69, 9.17) is 4.74 Å². The van der Waals surface area contributed by atoms with Gasteiger partial charge in [0.15, 0.2) is 0 Å². The molecule has 0 radical (unpaired) electrons. The summed E-state index contributed by atoms with van der Waals surface area (Å²) in [6.07, 6.45) is -12.7. The lowest BCUT2D eigenvalue weighted by Gasteiger charge is -2.34. The van der Waals surface area contributed by atoms with Crippen molar-refractivity contribution in [3.05, 3.63) is 0 Å². The molecule has 0 aromatic carbocycles. The second kappa shape index (κ2) is 6.61. The Morgan fingerprint density at radius 3 is 2.00 bits per heavy atom. The van der Waals surface area contributed by atoms with Crippen LogP contribution in [0.2, 0.25) is 0 Å². The molecule has 0 aromatic rings. The predicted molar refractivity (Wildman–Crippen MR) is 63.0 cm³/mol. The van der Waals surface area contributed by atoms with E-state index in [0.717, 1.165) is 0 Å². The van der Waals surface area contributed by atoms with Crippen LogP contribution in [0, 0.1) is 5.41 Å². The zero-order valence-electron chi connectivity index (χ0n) is 12.1. The molecule has 10 heteroatoms. The number of carbonyl (C=O) groups excluding carboxylic acids is 1.